The van der Waals surface area contributed by atoms with Crippen molar-refractivity contribution in [1.82, 2.24) is 14.6 Å². The molecule has 0 bridgehead atoms. The monoisotopic (exact) mass is 329 g/mol. The van der Waals surface area contributed by atoms with Crippen molar-refractivity contribution in [2.45, 2.75) is 6.92 Å². The van der Waals surface area contributed by atoms with Crippen LogP contribution in [0.4, 0.5) is 0 Å². The first-order chi connectivity index (χ1) is 12.1. The van der Waals surface area contributed by atoms with E-state index in [-0.39, 0.29) is 5.69 Å². The van der Waals surface area contributed by atoms with Crippen molar-refractivity contribution < 1.29 is 9.90 Å². The van der Waals surface area contributed by atoms with Gasteiger partial charge in [-0.3, -0.25) is 0 Å². The van der Waals surface area contributed by atoms with Crippen molar-refractivity contribution in [3.8, 4) is 22.5 Å². The number of benzene rings is 2. The zero-order valence-electron chi connectivity index (χ0n) is 13.5. The topological polar surface area (TPSA) is 67.5 Å². The highest BCUT2D eigenvalue weighted by atomic mass is 16.4. The van der Waals surface area contributed by atoms with Gasteiger partial charge in [0.15, 0.2) is 11.3 Å². The van der Waals surface area contributed by atoms with Crippen molar-refractivity contribution in [1.29, 1.82) is 0 Å². The number of carbonyl (C=O) groups is 1. The third-order valence-corrected chi connectivity index (χ3v) is 4.16. The molecule has 1 N–H and O–H groups in total. The third kappa shape index (κ3) is 2.55. The molecule has 5 heteroatoms. The molecular weight excluding hydrogens is 314 g/mol. The van der Waals surface area contributed by atoms with E-state index in [0.717, 1.165) is 22.5 Å². The second-order valence-corrected chi connectivity index (χ2v) is 5.77. The minimum atomic E-state index is -1.05. The average molecular weight is 329 g/mol. The summed E-state index contributed by atoms with van der Waals surface area (Å²) in [6, 6.07) is 21.5. The summed E-state index contributed by atoms with van der Waals surface area (Å²) >= 11 is 0. The molecule has 2 aromatic heterocycles. The fraction of sp³-hybridized carbons (Fsp3) is 0.0500. The summed E-state index contributed by atoms with van der Waals surface area (Å²) in [5, 5.41) is 13.7. The molecule has 25 heavy (non-hydrogen) atoms. The van der Waals surface area contributed by atoms with E-state index < -0.39 is 5.97 Å². The molecule has 0 spiro atoms. The standard InChI is InChI=1S/C20H15N3O2/c1-13-18(20(24)25)22-23-17(15-10-6-3-7-11-15)12-16(21-19(13)23)14-8-4-2-5-9-14/h2-12H,1H3,(H,24,25). The Labute approximate surface area is 144 Å². The lowest BCUT2D eigenvalue weighted by molar-refractivity contribution is 0.0689. The molecule has 122 valence electrons. The molecule has 4 rings (SSSR count). The summed E-state index contributed by atoms with van der Waals surface area (Å²) in [5.74, 6) is -1.05. The first kappa shape index (κ1) is 15.1. The fourth-order valence-electron chi connectivity index (χ4n) is 2.90. The predicted octanol–water partition coefficient (Wildman–Crippen LogP) is 4.07. The van der Waals surface area contributed by atoms with Gasteiger partial charge < -0.3 is 5.11 Å². The second kappa shape index (κ2) is 5.87. The van der Waals surface area contributed by atoms with E-state index in [9.17, 15) is 9.90 Å². The lowest BCUT2D eigenvalue weighted by Crippen LogP contribution is -2.01. The van der Waals surface area contributed by atoms with E-state index >= 15 is 0 Å². The number of aryl methyl sites for hydroxylation is 1. The molecule has 5 nitrogen and oxygen atoms in total. The van der Waals surface area contributed by atoms with Gasteiger partial charge in [-0.2, -0.15) is 5.10 Å². The molecule has 2 aromatic carbocycles. The maximum atomic E-state index is 11.5. The summed E-state index contributed by atoms with van der Waals surface area (Å²) in [5.41, 5.74) is 4.65. The first-order valence-corrected chi connectivity index (χ1v) is 7.89. The van der Waals surface area contributed by atoms with Gasteiger partial charge in [0.1, 0.15) is 0 Å². The molecule has 0 aliphatic heterocycles. The molecule has 0 radical (unpaired) electrons. The smallest absolute Gasteiger partial charge is 0.356 e. The van der Waals surface area contributed by atoms with E-state index in [1.165, 1.54) is 0 Å². The zero-order chi connectivity index (χ0) is 17.4. The van der Waals surface area contributed by atoms with Gasteiger partial charge in [0, 0.05) is 16.7 Å². The summed E-state index contributed by atoms with van der Waals surface area (Å²) in [6.45, 7) is 1.74. The van der Waals surface area contributed by atoms with Crippen LogP contribution in [0.2, 0.25) is 0 Å². The van der Waals surface area contributed by atoms with Crippen LogP contribution in [0, 0.1) is 6.92 Å². The minimum Gasteiger partial charge on any atom is -0.476 e. The van der Waals surface area contributed by atoms with Gasteiger partial charge in [-0.1, -0.05) is 60.7 Å². The van der Waals surface area contributed by atoms with Crippen molar-refractivity contribution >= 4 is 11.6 Å². The Kier molecular flexibility index (Phi) is 3.54. The molecule has 0 atom stereocenters. The van der Waals surface area contributed by atoms with Crippen LogP contribution in [0.25, 0.3) is 28.2 Å². The molecule has 0 amide bonds. The van der Waals surface area contributed by atoms with Crippen LogP contribution in [-0.2, 0) is 0 Å². The lowest BCUT2D eigenvalue weighted by Gasteiger charge is -2.09. The number of aromatic nitrogens is 3. The van der Waals surface area contributed by atoms with Gasteiger partial charge in [-0.05, 0) is 13.0 Å². The van der Waals surface area contributed by atoms with Crippen LogP contribution in [0.5, 0.6) is 0 Å². The van der Waals surface area contributed by atoms with E-state index in [1.54, 1.807) is 11.4 Å². The van der Waals surface area contributed by atoms with Crippen molar-refractivity contribution in [3.63, 3.8) is 0 Å². The number of fused-ring (bicyclic) bond motifs is 1. The normalized spacial score (nSPS) is 10.9. The Bertz CT molecular complexity index is 1070. The van der Waals surface area contributed by atoms with Crippen molar-refractivity contribution in [2.24, 2.45) is 0 Å². The van der Waals surface area contributed by atoms with Gasteiger partial charge in [-0.25, -0.2) is 14.3 Å². The van der Waals surface area contributed by atoms with Gasteiger partial charge in [0.2, 0.25) is 0 Å². The largest absolute Gasteiger partial charge is 0.476 e. The molecule has 0 fully saturated rings. The molecule has 0 aliphatic rings. The number of carboxylic acid groups (broad SMARTS) is 1. The Balaban J connectivity index is 2.07. The Morgan fingerprint density at radius 2 is 1.56 bits per heavy atom. The van der Waals surface area contributed by atoms with E-state index in [1.807, 2.05) is 66.7 Å². The van der Waals surface area contributed by atoms with Crippen LogP contribution >= 0.6 is 0 Å². The number of aromatic carboxylic acids is 1. The van der Waals surface area contributed by atoms with Gasteiger partial charge >= 0.3 is 5.97 Å². The summed E-state index contributed by atoms with van der Waals surface area (Å²) in [4.78, 5) is 16.2. The Morgan fingerprint density at radius 3 is 2.16 bits per heavy atom. The van der Waals surface area contributed by atoms with Crippen molar-refractivity contribution in [2.75, 3.05) is 0 Å². The Hall–Kier alpha value is -3.47. The molecule has 0 saturated heterocycles. The highest BCUT2D eigenvalue weighted by molar-refractivity contribution is 5.90. The molecular formula is C20H15N3O2. The molecule has 4 aromatic rings. The molecule has 0 saturated carbocycles. The second-order valence-electron chi connectivity index (χ2n) is 5.77. The van der Waals surface area contributed by atoms with Gasteiger partial charge in [0.25, 0.3) is 0 Å². The number of hydrogen-bond acceptors (Lipinski definition) is 3. The van der Waals surface area contributed by atoms with Crippen LogP contribution < -0.4 is 0 Å². The summed E-state index contributed by atoms with van der Waals surface area (Å²) < 4.78 is 1.61. The number of carboxylic acids is 1. The first-order valence-electron chi connectivity index (χ1n) is 7.89. The predicted molar refractivity (Wildman–Crippen MR) is 95.6 cm³/mol. The van der Waals surface area contributed by atoms with Crippen LogP contribution in [0.1, 0.15) is 16.1 Å². The number of hydrogen-bond donors (Lipinski definition) is 1. The maximum Gasteiger partial charge on any atom is 0.356 e. The number of rotatable bonds is 3. The minimum absolute atomic E-state index is 0.0230. The van der Waals surface area contributed by atoms with Crippen LogP contribution in [0.15, 0.2) is 66.7 Å². The van der Waals surface area contributed by atoms with Crippen LogP contribution in [-0.4, -0.2) is 25.7 Å². The van der Waals surface area contributed by atoms with Gasteiger partial charge in [-0.15, -0.1) is 0 Å². The third-order valence-electron chi connectivity index (χ3n) is 4.16. The zero-order valence-corrected chi connectivity index (χ0v) is 13.5. The number of nitrogens with zero attached hydrogens (tertiary/aromatic N) is 3. The van der Waals surface area contributed by atoms with Crippen LogP contribution in [0.3, 0.4) is 0 Å². The quantitative estimate of drug-likeness (QED) is 0.615. The highest BCUT2D eigenvalue weighted by Crippen LogP contribution is 2.28. The van der Waals surface area contributed by atoms with E-state index in [0.29, 0.717) is 11.2 Å². The molecule has 0 aliphatic carbocycles. The highest BCUT2D eigenvalue weighted by Gasteiger charge is 2.19. The summed E-state index contributed by atoms with van der Waals surface area (Å²) in [6.07, 6.45) is 0. The summed E-state index contributed by atoms with van der Waals surface area (Å²) in [7, 11) is 0. The Morgan fingerprint density at radius 1 is 0.960 bits per heavy atom. The average Bonchev–Trinajstić information content (AvgIpc) is 2.99. The maximum absolute atomic E-state index is 11.5. The van der Waals surface area contributed by atoms with Gasteiger partial charge in [0.05, 0.1) is 11.4 Å². The SMILES string of the molecule is Cc1c(C(=O)O)nn2c(-c3ccccc3)cc(-c3ccccc3)nc12. The van der Waals surface area contributed by atoms with E-state index in [4.69, 9.17) is 0 Å². The fourth-order valence-corrected chi connectivity index (χ4v) is 2.90. The van der Waals surface area contributed by atoms with Crippen molar-refractivity contribution in [3.05, 3.63) is 78.0 Å². The van der Waals surface area contributed by atoms with E-state index in [2.05, 4.69) is 10.1 Å². The molecule has 2 heterocycles. The lowest BCUT2D eigenvalue weighted by atomic mass is 10.1. The molecule has 0 unspecified atom stereocenters.